The van der Waals surface area contributed by atoms with Crippen molar-refractivity contribution in [3.05, 3.63) is 66.2 Å². The molecule has 0 aromatic heterocycles. The number of allylic oxidation sites excluding steroid dienone is 1. The molecule has 1 heterocycles. The van der Waals surface area contributed by atoms with Gasteiger partial charge >= 0.3 is 13.1 Å². The third-order valence-electron chi connectivity index (χ3n) is 5.43. The van der Waals surface area contributed by atoms with Crippen LogP contribution >= 0.6 is 0 Å². The molecule has 0 saturated carbocycles. The van der Waals surface area contributed by atoms with E-state index in [0.717, 1.165) is 16.7 Å². The zero-order chi connectivity index (χ0) is 21.4. The Morgan fingerprint density at radius 3 is 2.10 bits per heavy atom. The zero-order valence-corrected chi connectivity index (χ0v) is 17.5. The Balaban J connectivity index is 1.75. The van der Waals surface area contributed by atoms with Crippen LogP contribution in [0.1, 0.15) is 40.2 Å². The number of hydrogen-bond acceptors (Lipinski definition) is 4. The van der Waals surface area contributed by atoms with Gasteiger partial charge in [-0.1, -0.05) is 43.0 Å². The molecule has 0 atom stereocenters. The number of carbonyl (C=O) groups is 1. The Hall–Kier alpha value is -2.44. The van der Waals surface area contributed by atoms with E-state index in [1.54, 1.807) is 13.0 Å². The van der Waals surface area contributed by atoms with Crippen LogP contribution in [-0.4, -0.2) is 24.3 Å². The molecule has 0 radical (unpaired) electrons. The van der Waals surface area contributed by atoms with Gasteiger partial charge in [0, 0.05) is 5.46 Å². The zero-order valence-electron chi connectivity index (χ0n) is 17.5. The van der Waals surface area contributed by atoms with E-state index in [9.17, 15) is 9.18 Å². The molecule has 3 rings (SSSR count). The molecule has 0 N–H and O–H groups in total. The fourth-order valence-corrected chi connectivity index (χ4v) is 3.08. The largest absolute Gasteiger partial charge is 0.497 e. The number of hydrogen-bond donors (Lipinski definition) is 0. The Bertz CT molecular complexity index is 918. The molecule has 0 aliphatic carbocycles. The van der Waals surface area contributed by atoms with E-state index in [4.69, 9.17) is 14.0 Å². The number of carbonyl (C=O) groups excluding carboxylic acids is 1. The van der Waals surface area contributed by atoms with E-state index < -0.39 is 18.3 Å². The van der Waals surface area contributed by atoms with Gasteiger partial charge in [-0.2, -0.15) is 0 Å². The van der Waals surface area contributed by atoms with Crippen molar-refractivity contribution >= 4 is 18.6 Å². The molecule has 0 unspecified atom stereocenters. The highest BCUT2D eigenvalue weighted by molar-refractivity contribution is 6.62. The van der Waals surface area contributed by atoms with Crippen molar-refractivity contribution in [2.24, 2.45) is 0 Å². The molecule has 1 saturated heterocycles. The lowest BCUT2D eigenvalue weighted by Crippen LogP contribution is -2.41. The maximum atomic E-state index is 14.8. The molecule has 1 aliphatic heterocycles. The SMILES string of the molecule is C=C(C)OC(=O)Cc1ccc(-c2ccc(B3OC(C)(C)C(C)(C)O3)c(F)c2)cc1. The van der Waals surface area contributed by atoms with Gasteiger partial charge in [0.25, 0.3) is 0 Å². The summed E-state index contributed by atoms with van der Waals surface area (Å²) in [6.07, 6.45) is 0.155. The summed E-state index contributed by atoms with van der Waals surface area (Å²) >= 11 is 0. The van der Waals surface area contributed by atoms with Gasteiger partial charge in [0.15, 0.2) is 0 Å². The van der Waals surface area contributed by atoms with Gasteiger partial charge in [0.1, 0.15) is 5.82 Å². The maximum Gasteiger partial charge on any atom is 0.497 e. The second-order valence-electron chi connectivity index (χ2n) is 8.37. The van der Waals surface area contributed by atoms with Crippen LogP contribution in [0.25, 0.3) is 11.1 Å². The summed E-state index contributed by atoms with van der Waals surface area (Å²) in [5.74, 6) is -0.373. The Kier molecular flexibility index (Phi) is 5.70. The molecule has 29 heavy (non-hydrogen) atoms. The molecule has 2 aromatic rings. The molecular formula is C23H26BFO4. The number of halogens is 1. The van der Waals surface area contributed by atoms with Crippen molar-refractivity contribution in [1.29, 1.82) is 0 Å². The summed E-state index contributed by atoms with van der Waals surface area (Å²) in [5, 5.41) is 0. The number of rotatable bonds is 5. The topological polar surface area (TPSA) is 44.8 Å². The van der Waals surface area contributed by atoms with Crippen LogP contribution in [0.4, 0.5) is 4.39 Å². The van der Waals surface area contributed by atoms with E-state index >= 15 is 0 Å². The molecule has 2 aromatic carbocycles. The first-order chi connectivity index (χ1) is 13.5. The van der Waals surface area contributed by atoms with Gasteiger partial charge in [-0.3, -0.25) is 4.79 Å². The first-order valence-electron chi connectivity index (χ1n) is 9.59. The highest BCUT2D eigenvalue weighted by Crippen LogP contribution is 2.36. The van der Waals surface area contributed by atoms with E-state index in [1.165, 1.54) is 6.07 Å². The summed E-state index contributed by atoms with van der Waals surface area (Å²) in [6, 6.07) is 12.4. The second kappa shape index (κ2) is 7.77. The third kappa shape index (κ3) is 4.60. The van der Waals surface area contributed by atoms with Crippen LogP contribution in [-0.2, 0) is 25.3 Å². The fourth-order valence-electron chi connectivity index (χ4n) is 3.08. The van der Waals surface area contributed by atoms with Crippen LogP contribution in [0.2, 0.25) is 0 Å². The van der Waals surface area contributed by atoms with E-state index in [1.807, 2.05) is 58.0 Å². The minimum absolute atomic E-state index is 0.155. The lowest BCUT2D eigenvalue weighted by molar-refractivity contribution is -0.138. The smallest absolute Gasteiger partial charge is 0.432 e. The normalized spacial score (nSPS) is 17.2. The average molecular weight is 396 g/mol. The first kappa shape index (κ1) is 21.3. The van der Waals surface area contributed by atoms with Crippen molar-refractivity contribution in [3.63, 3.8) is 0 Å². The van der Waals surface area contributed by atoms with Gasteiger partial charge in [-0.15, -0.1) is 0 Å². The molecule has 0 bridgehead atoms. The summed E-state index contributed by atoms with van der Waals surface area (Å²) in [6.45, 7) is 12.9. The van der Waals surface area contributed by atoms with Crippen LogP contribution in [0.5, 0.6) is 0 Å². The minimum Gasteiger partial charge on any atom is -0.432 e. The molecule has 4 nitrogen and oxygen atoms in total. The summed E-state index contributed by atoms with van der Waals surface area (Å²) in [7, 11) is -0.740. The quantitative estimate of drug-likeness (QED) is 0.427. The molecule has 1 fully saturated rings. The predicted molar refractivity (Wildman–Crippen MR) is 112 cm³/mol. The highest BCUT2D eigenvalue weighted by atomic mass is 19.1. The van der Waals surface area contributed by atoms with Crippen molar-refractivity contribution in [1.82, 2.24) is 0 Å². The Morgan fingerprint density at radius 2 is 1.59 bits per heavy atom. The highest BCUT2D eigenvalue weighted by Gasteiger charge is 2.52. The predicted octanol–water partition coefficient (Wildman–Crippen LogP) is 4.41. The lowest BCUT2D eigenvalue weighted by atomic mass is 9.78. The molecule has 0 amide bonds. The molecule has 0 spiro atoms. The standard InChI is InChI=1S/C23H26BFO4/c1-15(2)27-21(26)13-16-7-9-17(10-8-16)18-11-12-19(20(25)14-18)24-28-22(3,4)23(5,6)29-24/h7-12,14H,1,13H2,2-6H3. The summed E-state index contributed by atoms with van der Waals surface area (Å²) < 4.78 is 31.7. The van der Waals surface area contributed by atoms with Gasteiger partial charge in [-0.25, -0.2) is 4.39 Å². The number of esters is 1. The van der Waals surface area contributed by atoms with E-state index in [2.05, 4.69) is 6.58 Å². The molecule has 152 valence electrons. The van der Waals surface area contributed by atoms with Gasteiger partial charge in [0.05, 0.1) is 23.4 Å². The van der Waals surface area contributed by atoms with Crippen LogP contribution in [0.15, 0.2) is 54.8 Å². The average Bonchev–Trinajstić information content (AvgIpc) is 2.82. The van der Waals surface area contributed by atoms with Crippen molar-refractivity contribution in [2.45, 2.75) is 52.2 Å². The summed E-state index contributed by atoms with van der Waals surface area (Å²) in [5.41, 5.74) is 1.73. The molecule has 6 heteroatoms. The van der Waals surface area contributed by atoms with Crippen LogP contribution in [0.3, 0.4) is 0 Å². The fraction of sp³-hybridized carbons (Fsp3) is 0.348. The van der Waals surface area contributed by atoms with E-state index in [0.29, 0.717) is 11.2 Å². The van der Waals surface area contributed by atoms with Crippen LogP contribution < -0.4 is 5.46 Å². The Labute approximate surface area is 171 Å². The first-order valence-corrected chi connectivity index (χ1v) is 9.59. The monoisotopic (exact) mass is 396 g/mol. The maximum absolute atomic E-state index is 14.8. The minimum atomic E-state index is -0.740. The number of ether oxygens (including phenoxy) is 1. The van der Waals surface area contributed by atoms with E-state index in [-0.39, 0.29) is 18.2 Å². The summed E-state index contributed by atoms with van der Waals surface area (Å²) in [4.78, 5) is 11.7. The van der Waals surface area contributed by atoms with Gasteiger partial charge in [-0.05, 0) is 57.4 Å². The van der Waals surface area contributed by atoms with Gasteiger partial charge < -0.3 is 14.0 Å². The number of benzene rings is 2. The van der Waals surface area contributed by atoms with Gasteiger partial charge in [0.2, 0.25) is 0 Å². The molecule has 1 aliphatic rings. The van der Waals surface area contributed by atoms with Crippen LogP contribution in [0, 0.1) is 5.82 Å². The Morgan fingerprint density at radius 1 is 1.03 bits per heavy atom. The molecular weight excluding hydrogens is 370 g/mol. The van der Waals surface area contributed by atoms with Crippen molar-refractivity contribution in [2.75, 3.05) is 0 Å². The second-order valence-corrected chi connectivity index (χ2v) is 8.37. The lowest BCUT2D eigenvalue weighted by Gasteiger charge is -2.32. The third-order valence-corrected chi connectivity index (χ3v) is 5.43. The van der Waals surface area contributed by atoms with Crippen molar-refractivity contribution < 1.29 is 23.2 Å². The van der Waals surface area contributed by atoms with Crippen molar-refractivity contribution in [3.8, 4) is 11.1 Å².